The third kappa shape index (κ3) is 3.73. The molecule has 4 rings (SSSR count). The Morgan fingerprint density at radius 1 is 1.19 bits per heavy atom. The second-order valence-corrected chi connectivity index (χ2v) is 7.98. The van der Waals surface area contributed by atoms with Crippen molar-refractivity contribution in [3.8, 4) is 11.5 Å². The van der Waals surface area contributed by atoms with E-state index >= 15 is 0 Å². The fourth-order valence-electron chi connectivity index (χ4n) is 3.51. The van der Waals surface area contributed by atoms with Gasteiger partial charge in [0, 0.05) is 0 Å². The van der Waals surface area contributed by atoms with Gasteiger partial charge >= 0.3 is 0 Å². The number of furan rings is 1. The van der Waals surface area contributed by atoms with Crippen LogP contribution in [0.25, 0.3) is 0 Å². The third-order valence-electron chi connectivity index (χ3n) is 4.80. The summed E-state index contributed by atoms with van der Waals surface area (Å²) in [6, 6.07) is 7.21. The smallest absolute Gasteiger partial charge is 0.296 e. The Morgan fingerprint density at radius 2 is 1.94 bits per heavy atom. The fraction of sp³-hybridized carbons (Fsp3) is 0.273. The minimum Gasteiger partial charge on any atom is -0.503 e. The summed E-state index contributed by atoms with van der Waals surface area (Å²) >= 11 is 1.18. The Bertz CT molecular complexity index is 1180. The number of aliphatic hydroxyl groups excluding tert-OH is 1. The van der Waals surface area contributed by atoms with Gasteiger partial charge in [-0.15, -0.1) is 10.2 Å². The van der Waals surface area contributed by atoms with Gasteiger partial charge in [0.1, 0.15) is 5.01 Å². The highest BCUT2D eigenvalue weighted by atomic mass is 32.1. The van der Waals surface area contributed by atoms with Crippen LogP contribution < -0.4 is 14.4 Å². The van der Waals surface area contributed by atoms with Gasteiger partial charge in [-0.25, -0.2) is 0 Å². The number of benzene rings is 1. The second-order valence-electron chi connectivity index (χ2n) is 6.82. The van der Waals surface area contributed by atoms with Crippen molar-refractivity contribution < 1.29 is 28.6 Å². The molecule has 2 aromatic heterocycles. The molecule has 1 atom stereocenters. The van der Waals surface area contributed by atoms with E-state index in [2.05, 4.69) is 10.2 Å². The summed E-state index contributed by atoms with van der Waals surface area (Å²) in [5.41, 5.74) is 0.432. The lowest BCUT2D eigenvalue weighted by atomic mass is 9.95. The Balaban J connectivity index is 1.87. The molecule has 0 fully saturated rings. The zero-order chi connectivity index (χ0) is 22.8. The SMILES string of the molecule is CCOc1ccc(C2C(C(=O)c3ccco3)=C(O)C(=O)N2c2nnc(C)s2)cc1OCC. The van der Waals surface area contributed by atoms with E-state index in [1.807, 2.05) is 13.8 Å². The molecule has 10 heteroatoms. The average molecular weight is 455 g/mol. The average Bonchev–Trinajstić information content (AvgIpc) is 3.51. The molecular weight excluding hydrogens is 434 g/mol. The van der Waals surface area contributed by atoms with Crippen LogP contribution in [0.2, 0.25) is 0 Å². The van der Waals surface area contributed by atoms with Crippen LogP contribution in [0.4, 0.5) is 5.13 Å². The third-order valence-corrected chi connectivity index (χ3v) is 5.64. The molecule has 0 radical (unpaired) electrons. The van der Waals surface area contributed by atoms with Gasteiger partial charge in [-0.3, -0.25) is 14.5 Å². The van der Waals surface area contributed by atoms with Crippen LogP contribution >= 0.6 is 11.3 Å². The number of Topliss-reactive ketones (excluding diaryl/α,β-unsaturated/α-hetero) is 1. The number of nitrogens with zero attached hydrogens (tertiary/aromatic N) is 3. The normalized spacial score (nSPS) is 16.0. The van der Waals surface area contributed by atoms with Gasteiger partial charge in [-0.2, -0.15) is 0 Å². The van der Waals surface area contributed by atoms with Gasteiger partial charge in [0.25, 0.3) is 5.91 Å². The van der Waals surface area contributed by atoms with Crippen molar-refractivity contribution in [1.82, 2.24) is 10.2 Å². The van der Waals surface area contributed by atoms with Gasteiger partial charge in [0.2, 0.25) is 10.9 Å². The molecule has 0 saturated heterocycles. The van der Waals surface area contributed by atoms with Crippen LogP contribution in [0, 0.1) is 6.92 Å². The number of aryl methyl sites for hydroxylation is 1. The molecule has 3 aromatic rings. The predicted octanol–water partition coefficient (Wildman–Crippen LogP) is 4.02. The summed E-state index contributed by atoms with van der Waals surface area (Å²) in [4.78, 5) is 27.6. The van der Waals surface area contributed by atoms with E-state index in [0.29, 0.717) is 35.3 Å². The van der Waals surface area contributed by atoms with Gasteiger partial charge in [0.05, 0.1) is 31.1 Å². The molecule has 1 unspecified atom stereocenters. The summed E-state index contributed by atoms with van der Waals surface area (Å²) < 4.78 is 16.6. The first-order valence-corrected chi connectivity index (χ1v) is 10.8. The van der Waals surface area contributed by atoms with Crippen molar-refractivity contribution in [1.29, 1.82) is 0 Å². The Kier molecular flexibility index (Phi) is 5.95. The number of ketones is 1. The van der Waals surface area contributed by atoms with E-state index < -0.39 is 23.5 Å². The highest BCUT2D eigenvalue weighted by Crippen LogP contribution is 2.44. The first-order valence-electron chi connectivity index (χ1n) is 10.0. The highest BCUT2D eigenvalue weighted by Gasteiger charge is 2.46. The molecule has 1 N–H and O–H groups in total. The minimum atomic E-state index is -0.956. The fourth-order valence-corrected chi connectivity index (χ4v) is 4.23. The molecular formula is C22H21N3O6S. The number of rotatable bonds is 8. The predicted molar refractivity (Wildman–Crippen MR) is 116 cm³/mol. The molecule has 1 aliphatic heterocycles. The standard InChI is InChI=1S/C22H21N3O6S/c1-4-29-14-9-8-13(11-16(14)30-5-2)18-17(19(26)15-7-6-10-31-15)20(27)21(28)25(18)22-24-23-12(3)32-22/h6-11,18,27H,4-5H2,1-3H3. The lowest BCUT2D eigenvalue weighted by molar-refractivity contribution is -0.117. The van der Waals surface area contributed by atoms with Crippen molar-refractivity contribution in [3.05, 3.63) is 64.3 Å². The highest BCUT2D eigenvalue weighted by molar-refractivity contribution is 7.15. The van der Waals surface area contributed by atoms with E-state index in [0.717, 1.165) is 0 Å². The number of aromatic nitrogens is 2. The van der Waals surface area contributed by atoms with Crippen molar-refractivity contribution in [2.24, 2.45) is 0 Å². The summed E-state index contributed by atoms with van der Waals surface area (Å²) in [6.07, 6.45) is 1.35. The van der Waals surface area contributed by atoms with Gasteiger partial charge in [-0.1, -0.05) is 17.4 Å². The quantitative estimate of drug-likeness (QED) is 0.507. The molecule has 32 heavy (non-hydrogen) atoms. The van der Waals surface area contributed by atoms with Crippen LogP contribution in [-0.2, 0) is 4.79 Å². The molecule has 1 amide bonds. The van der Waals surface area contributed by atoms with Crippen molar-refractivity contribution in [3.63, 3.8) is 0 Å². The van der Waals surface area contributed by atoms with Crippen LogP contribution in [-0.4, -0.2) is 40.2 Å². The first kappa shape index (κ1) is 21.6. The molecule has 0 spiro atoms. The molecule has 0 saturated carbocycles. The van der Waals surface area contributed by atoms with Crippen LogP contribution in [0.3, 0.4) is 0 Å². The van der Waals surface area contributed by atoms with Crippen molar-refractivity contribution in [2.45, 2.75) is 26.8 Å². The number of hydrogen-bond acceptors (Lipinski definition) is 9. The Labute approximate surface area is 187 Å². The molecule has 0 bridgehead atoms. The molecule has 1 aliphatic rings. The number of ether oxygens (including phenoxy) is 2. The van der Waals surface area contributed by atoms with Crippen LogP contribution in [0.5, 0.6) is 11.5 Å². The Morgan fingerprint density at radius 3 is 2.56 bits per heavy atom. The number of carbonyl (C=O) groups excluding carboxylic acids is 2. The van der Waals surface area contributed by atoms with E-state index in [9.17, 15) is 14.7 Å². The number of carbonyl (C=O) groups is 2. The molecule has 166 valence electrons. The number of anilines is 1. The summed E-state index contributed by atoms with van der Waals surface area (Å²) in [5, 5.41) is 19.7. The summed E-state index contributed by atoms with van der Waals surface area (Å²) in [5.74, 6) is -0.988. The second kappa shape index (κ2) is 8.83. The van der Waals surface area contributed by atoms with E-state index in [-0.39, 0.29) is 16.5 Å². The maximum Gasteiger partial charge on any atom is 0.296 e. The maximum atomic E-state index is 13.2. The van der Waals surface area contributed by atoms with Crippen molar-refractivity contribution in [2.75, 3.05) is 18.1 Å². The molecule has 0 aliphatic carbocycles. The van der Waals surface area contributed by atoms with Crippen molar-refractivity contribution >= 4 is 28.2 Å². The zero-order valence-corrected chi connectivity index (χ0v) is 18.5. The zero-order valence-electron chi connectivity index (χ0n) is 17.7. The number of aliphatic hydroxyl groups is 1. The van der Waals surface area contributed by atoms with Gasteiger partial charge < -0.3 is 19.0 Å². The molecule has 9 nitrogen and oxygen atoms in total. The summed E-state index contributed by atoms with van der Waals surface area (Å²) in [7, 11) is 0. The van der Waals surface area contributed by atoms with E-state index in [1.54, 1.807) is 31.2 Å². The Hall–Kier alpha value is -3.66. The lowest BCUT2D eigenvalue weighted by Crippen LogP contribution is -2.31. The first-order chi connectivity index (χ1) is 15.5. The van der Waals surface area contributed by atoms with Gasteiger partial charge in [0.15, 0.2) is 23.0 Å². The monoisotopic (exact) mass is 455 g/mol. The van der Waals surface area contributed by atoms with Crippen LogP contribution in [0.15, 0.2) is 52.3 Å². The molecule has 1 aromatic carbocycles. The largest absolute Gasteiger partial charge is 0.503 e. The van der Waals surface area contributed by atoms with E-state index in [4.69, 9.17) is 13.9 Å². The topological polar surface area (TPSA) is 115 Å². The number of amides is 1. The number of hydrogen-bond donors (Lipinski definition) is 1. The van der Waals surface area contributed by atoms with E-state index in [1.165, 1.54) is 28.6 Å². The minimum absolute atomic E-state index is 0.00983. The van der Waals surface area contributed by atoms with Crippen LogP contribution in [0.1, 0.15) is 41.0 Å². The summed E-state index contributed by atoms with van der Waals surface area (Å²) in [6.45, 7) is 6.30. The lowest BCUT2D eigenvalue weighted by Gasteiger charge is -2.24. The maximum absolute atomic E-state index is 13.2. The molecule has 3 heterocycles. The van der Waals surface area contributed by atoms with Gasteiger partial charge in [-0.05, 0) is 50.6 Å².